The van der Waals surface area contributed by atoms with E-state index in [0.717, 1.165) is 24.7 Å². The Balaban J connectivity index is 2.04. The first-order valence-electron chi connectivity index (χ1n) is 6.62. The van der Waals surface area contributed by atoms with E-state index in [9.17, 15) is 0 Å². The van der Waals surface area contributed by atoms with Gasteiger partial charge < -0.3 is 15.1 Å². The Labute approximate surface area is 103 Å². The zero-order valence-electron chi connectivity index (χ0n) is 10.9. The van der Waals surface area contributed by atoms with Gasteiger partial charge in [0.1, 0.15) is 6.26 Å². The summed E-state index contributed by atoms with van der Waals surface area (Å²) in [4.78, 5) is 7.06. The van der Waals surface area contributed by atoms with E-state index < -0.39 is 0 Å². The zero-order valence-corrected chi connectivity index (χ0v) is 10.9. The van der Waals surface area contributed by atoms with Gasteiger partial charge in [-0.2, -0.15) is 0 Å². The standard InChI is InChI=1S/C13H23N3O/c1-3-16-6-4-5-11(8-16)13-15-12(9-17-13)10(2)7-14/h9-11H,3-8,14H2,1-2H3. The van der Waals surface area contributed by atoms with E-state index >= 15 is 0 Å². The number of nitrogens with zero attached hydrogens (tertiary/aromatic N) is 2. The highest BCUT2D eigenvalue weighted by atomic mass is 16.3. The molecule has 1 aromatic rings. The third-order valence-corrected chi connectivity index (χ3v) is 3.70. The van der Waals surface area contributed by atoms with Gasteiger partial charge in [-0.05, 0) is 25.9 Å². The highest BCUT2D eigenvalue weighted by Crippen LogP contribution is 2.27. The normalized spacial score (nSPS) is 23.8. The van der Waals surface area contributed by atoms with Crippen LogP contribution in [0.25, 0.3) is 0 Å². The summed E-state index contributed by atoms with van der Waals surface area (Å²) in [5, 5.41) is 0. The molecule has 0 saturated carbocycles. The van der Waals surface area contributed by atoms with Crippen molar-refractivity contribution < 1.29 is 4.42 Å². The molecule has 4 heteroatoms. The van der Waals surface area contributed by atoms with Gasteiger partial charge in [-0.1, -0.05) is 13.8 Å². The molecule has 2 heterocycles. The Hall–Kier alpha value is -0.870. The van der Waals surface area contributed by atoms with Crippen LogP contribution in [0.2, 0.25) is 0 Å². The topological polar surface area (TPSA) is 55.3 Å². The molecule has 1 fully saturated rings. The lowest BCUT2D eigenvalue weighted by Gasteiger charge is -2.29. The number of likely N-dealkylation sites (N-methyl/N-ethyl adjacent to an activating group) is 1. The Morgan fingerprint density at radius 3 is 3.18 bits per heavy atom. The highest BCUT2D eigenvalue weighted by Gasteiger charge is 2.24. The van der Waals surface area contributed by atoms with Crippen molar-refractivity contribution in [2.75, 3.05) is 26.2 Å². The molecule has 17 heavy (non-hydrogen) atoms. The van der Waals surface area contributed by atoms with Crippen LogP contribution in [-0.4, -0.2) is 36.1 Å². The van der Waals surface area contributed by atoms with Crippen molar-refractivity contribution in [3.63, 3.8) is 0 Å². The molecule has 96 valence electrons. The number of hydrogen-bond donors (Lipinski definition) is 1. The van der Waals surface area contributed by atoms with E-state index in [1.807, 2.05) is 0 Å². The second-order valence-electron chi connectivity index (χ2n) is 4.98. The second-order valence-corrected chi connectivity index (χ2v) is 4.98. The molecule has 1 aliphatic rings. The van der Waals surface area contributed by atoms with Gasteiger partial charge in [0.2, 0.25) is 0 Å². The average molecular weight is 237 g/mol. The van der Waals surface area contributed by atoms with Crippen LogP contribution in [0.4, 0.5) is 0 Å². The minimum absolute atomic E-state index is 0.290. The first kappa shape index (κ1) is 12.6. The summed E-state index contributed by atoms with van der Waals surface area (Å²) >= 11 is 0. The number of aromatic nitrogens is 1. The maximum absolute atomic E-state index is 5.65. The fourth-order valence-corrected chi connectivity index (χ4v) is 2.38. The minimum atomic E-state index is 0.290. The van der Waals surface area contributed by atoms with Crippen LogP contribution in [0.15, 0.2) is 10.7 Å². The van der Waals surface area contributed by atoms with Gasteiger partial charge >= 0.3 is 0 Å². The number of nitrogens with two attached hydrogens (primary N) is 1. The summed E-state index contributed by atoms with van der Waals surface area (Å²) in [7, 11) is 0. The van der Waals surface area contributed by atoms with E-state index in [1.165, 1.54) is 19.4 Å². The third-order valence-electron chi connectivity index (χ3n) is 3.70. The van der Waals surface area contributed by atoms with Crippen molar-refractivity contribution in [1.82, 2.24) is 9.88 Å². The molecule has 0 amide bonds. The Bertz CT molecular complexity index is 350. The quantitative estimate of drug-likeness (QED) is 0.869. The summed E-state index contributed by atoms with van der Waals surface area (Å²) in [5.41, 5.74) is 6.64. The molecular formula is C13H23N3O. The lowest BCUT2D eigenvalue weighted by atomic mass is 9.98. The monoisotopic (exact) mass is 237 g/mol. The molecule has 4 nitrogen and oxygen atoms in total. The molecule has 0 aliphatic carbocycles. The van der Waals surface area contributed by atoms with Crippen molar-refractivity contribution in [1.29, 1.82) is 0 Å². The maximum atomic E-state index is 5.65. The Morgan fingerprint density at radius 1 is 1.65 bits per heavy atom. The highest BCUT2D eigenvalue weighted by molar-refractivity contribution is 5.07. The van der Waals surface area contributed by atoms with Crippen molar-refractivity contribution in [3.05, 3.63) is 17.8 Å². The Kier molecular flexibility index (Phi) is 4.18. The molecule has 0 aromatic carbocycles. The van der Waals surface area contributed by atoms with Gasteiger partial charge in [-0.25, -0.2) is 4.98 Å². The molecule has 2 atom stereocenters. The van der Waals surface area contributed by atoms with Crippen LogP contribution < -0.4 is 5.73 Å². The molecule has 2 unspecified atom stereocenters. The summed E-state index contributed by atoms with van der Waals surface area (Å²) in [6, 6.07) is 0. The number of oxazole rings is 1. The van der Waals surface area contributed by atoms with Crippen LogP contribution in [0.5, 0.6) is 0 Å². The van der Waals surface area contributed by atoms with Crippen molar-refractivity contribution in [2.24, 2.45) is 5.73 Å². The molecule has 0 radical (unpaired) electrons. The molecule has 1 saturated heterocycles. The van der Waals surface area contributed by atoms with Gasteiger partial charge in [-0.15, -0.1) is 0 Å². The third kappa shape index (κ3) is 2.87. The van der Waals surface area contributed by atoms with Crippen LogP contribution in [0.1, 0.15) is 50.1 Å². The van der Waals surface area contributed by atoms with Crippen LogP contribution in [0, 0.1) is 0 Å². The average Bonchev–Trinajstić information content (AvgIpc) is 2.87. The predicted octanol–water partition coefficient (Wildman–Crippen LogP) is 1.94. The van der Waals surface area contributed by atoms with Crippen LogP contribution >= 0.6 is 0 Å². The molecular weight excluding hydrogens is 214 g/mol. The van der Waals surface area contributed by atoms with Gasteiger partial charge in [-0.3, -0.25) is 0 Å². The van der Waals surface area contributed by atoms with E-state index in [-0.39, 0.29) is 0 Å². The summed E-state index contributed by atoms with van der Waals surface area (Å²) in [5.74, 6) is 1.65. The summed E-state index contributed by atoms with van der Waals surface area (Å²) < 4.78 is 5.63. The van der Waals surface area contributed by atoms with Gasteiger partial charge in [0, 0.05) is 24.9 Å². The molecule has 1 aromatic heterocycles. The number of rotatable bonds is 4. The van der Waals surface area contributed by atoms with Crippen molar-refractivity contribution in [3.8, 4) is 0 Å². The zero-order chi connectivity index (χ0) is 12.3. The van der Waals surface area contributed by atoms with Crippen molar-refractivity contribution in [2.45, 2.75) is 38.5 Å². The minimum Gasteiger partial charge on any atom is -0.448 e. The molecule has 2 rings (SSSR count). The fraction of sp³-hybridized carbons (Fsp3) is 0.769. The van der Waals surface area contributed by atoms with Gasteiger partial charge in [0.15, 0.2) is 5.89 Å². The lowest BCUT2D eigenvalue weighted by molar-refractivity contribution is 0.202. The summed E-state index contributed by atoms with van der Waals surface area (Å²) in [6.07, 6.45) is 4.20. The first-order chi connectivity index (χ1) is 8.24. The van der Waals surface area contributed by atoms with E-state index in [2.05, 4.69) is 23.7 Å². The SMILES string of the molecule is CCN1CCCC(c2nc(C(C)CN)co2)C1. The predicted molar refractivity (Wildman–Crippen MR) is 68.1 cm³/mol. The fourth-order valence-electron chi connectivity index (χ4n) is 2.38. The second kappa shape index (κ2) is 5.65. The van der Waals surface area contributed by atoms with Gasteiger partial charge in [0.05, 0.1) is 5.69 Å². The number of likely N-dealkylation sites (tertiary alicyclic amines) is 1. The first-order valence-corrected chi connectivity index (χ1v) is 6.62. The number of hydrogen-bond acceptors (Lipinski definition) is 4. The van der Waals surface area contributed by atoms with E-state index in [4.69, 9.17) is 10.2 Å². The lowest BCUT2D eigenvalue weighted by Crippen LogP contribution is -2.34. The molecule has 0 spiro atoms. The molecule has 1 aliphatic heterocycles. The van der Waals surface area contributed by atoms with Crippen molar-refractivity contribution >= 4 is 0 Å². The molecule has 0 bridgehead atoms. The Morgan fingerprint density at radius 2 is 2.47 bits per heavy atom. The maximum Gasteiger partial charge on any atom is 0.198 e. The summed E-state index contributed by atoms with van der Waals surface area (Å²) in [6.45, 7) is 8.31. The van der Waals surface area contributed by atoms with E-state index in [1.54, 1.807) is 6.26 Å². The molecule has 2 N–H and O–H groups in total. The largest absolute Gasteiger partial charge is 0.448 e. The van der Waals surface area contributed by atoms with Crippen LogP contribution in [0.3, 0.4) is 0 Å². The van der Waals surface area contributed by atoms with Crippen LogP contribution in [-0.2, 0) is 0 Å². The smallest absolute Gasteiger partial charge is 0.198 e. The van der Waals surface area contributed by atoms with E-state index in [0.29, 0.717) is 18.4 Å². The van der Waals surface area contributed by atoms with Gasteiger partial charge in [0.25, 0.3) is 0 Å². The number of piperidine rings is 1.